The van der Waals surface area contributed by atoms with E-state index in [0.29, 0.717) is 5.56 Å². The summed E-state index contributed by atoms with van der Waals surface area (Å²) in [7, 11) is 0. The molecule has 1 aliphatic heterocycles. The molecule has 18 heavy (non-hydrogen) atoms. The maximum atomic E-state index is 14.0. The number of hydrogen-bond acceptors (Lipinski definition) is 2. The van der Waals surface area contributed by atoms with Gasteiger partial charge in [0.2, 0.25) is 0 Å². The fraction of sp³-hybridized carbons (Fsp3) is 0.571. The Morgan fingerprint density at radius 3 is 3.06 bits per heavy atom. The summed E-state index contributed by atoms with van der Waals surface area (Å²) in [4.78, 5) is 0. The van der Waals surface area contributed by atoms with E-state index in [1.165, 1.54) is 6.07 Å². The maximum Gasteiger partial charge on any atom is 0.128 e. The first-order valence-corrected chi connectivity index (χ1v) is 7.31. The number of hydrogen-bond donors (Lipinski definition) is 1. The van der Waals surface area contributed by atoms with E-state index in [0.717, 1.165) is 36.9 Å². The number of benzene rings is 1. The van der Waals surface area contributed by atoms with Crippen LogP contribution >= 0.6 is 15.9 Å². The van der Waals surface area contributed by atoms with Crippen LogP contribution in [0, 0.1) is 5.82 Å². The van der Waals surface area contributed by atoms with E-state index in [-0.39, 0.29) is 18.0 Å². The van der Waals surface area contributed by atoms with E-state index in [1.807, 2.05) is 6.07 Å². The largest absolute Gasteiger partial charge is 0.376 e. The minimum Gasteiger partial charge on any atom is -0.376 e. The van der Waals surface area contributed by atoms with Gasteiger partial charge in [0.15, 0.2) is 0 Å². The first-order valence-electron chi connectivity index (χ1n) is 6.52. The van der Waals surface area contributed by atoms with Gasteiger partial charge in [-0.1, -0.05) is 22.9 Å². The first-order chi connectivity index (χ1) is 8.72. The molecule has 2 unspecified atom stereocenters. The van der Waals surface area contributed by atoms with Crippen molar-refractivity contribution >= 4 is 15.9 Å². The minimum atomic E-state index is -0.165. The molecular formula is C14H19BrFNO. The smallest absolute Gasteiger partial charge is 0.128 e. The van der Waals surface area contributed by atoms with Gasteiger partial charge in [0.05, 0.1) is 12.1 Å². The van der Waals surface area contributed by atoms with Gasteiger partial charge in [0.25, 0.3) is 0 Å². The summed E-state index contributed by atoms with van der Waals surface area (Å²) in [5.74, 6) is -0.165. The zero-order chi connectivity index (χ0) is 13.0. The van der Waals surface area contributed by atoms with Gasteiger partial charge in [-0.25, -0.2) is 4.39 Å². The summed E-state index contributed by atoms with van der Waals surface area (Å²) < 4.78 is 20.6. The van der Waals surface area contributed by atoms with E-state index < -0.39 is 0 Å². The lowest BCUT2D eigenvalue weighted by atomic mass is 9.98. The van der Waals surface area contributed by atoms with Crippen molar-refractivity contribution in [2.24, 2.45) is 0 Å². The van der Waals surface area contributed by atoms with Gasteiger partial charge in [0, 0.05) is 16.6 Å². The van der Waals surface area contributed by atoms with E-state index >= 15 is 0 Å². The van der Waals surface area contributed by atoms with Gasteiger partial charge in [0.1, 0.15) is 5.82 Å². The fourth-order valence-electron chi connectivity index (χ4n) is 2.36. The third kappa shape index (κ3) is 3.31. The van der Waals surface area contributed by atoms with Gasteiger partial charge in [-0.2, -0.15) is 0 Å². The Labute approximate surface area is 116 Å². The summed E-state index contributed by atoms with van der Waals surface area (Å²) in [6, 6.07) is 5.04. The van der Waals surface area contributed by atoms with Crippen molar-refractivity contribution < 1.29 is 9.13 Å². The van der Waals surface area contributed by atoms with Crippen LogP contribution in [0.15, 0.2) is 22.7 Å². The fourth-order valence-corrected chi connectivity index (χ4v) is 2.74. The Morgan fingerprint density at radius 2 is 2.39 bits per heavy atom. The molecule has 1 aromatic carbocycles. The molecule has 0 amide bonds. The van der Waals surface area contributed by atoms with Crippen LogP contribution in [0.3, 0.4) is 0 Å². The molecule has 2 rings (SSSR count). The average Bonchev–Trinajstić information content (AvgIpc) is 2.88. The number of rotatable bonds is 5. The number of ether oxygens (including phenoxy) is 1. The van der Waals surface area contributed by atoms with Crippen molar-refractivity contribution in [1.29, 1.82) is 0 Å². The molecule has 100 valence electrons. The number of halogens is 2. The molecule has 2 atom stereocenters. The van der Waals surface area contributed by atoms with Crippen LogP contribution < -0.4 is 5.32 Å². The summed E-state index contributed by atoms with van der Waals surface area (Å²) in [5.41, 5.74) is 0.699. The van der Waals surface area contributed by atoms with Gasteiger partial charge >= 0.3 is 0 Å². The van der Waals surface area contributed by atoms with E-state index in [9.17, 15) is 4.39 Å². The van der Waals surface area contributed by atoms with Crippen LogP contribution in [0.1, 0.15) is 37.8 Å². The van der Waals surface area contributed by atoms with Crippen molar-refractivity contribution in [3.05, 3.63) is 34.1 Å². The maximum absolute atomic E-state index is 14.0. The Hall–Kier alpha value is -0.450. The summed E-state index contributed by atoms with van der Waals surface area (Å²) in [5, 5.41) is 3.41. The SMILES string of the molecule is CCCNC(c1cc(Br)ccc1F)C1CCCO1. The zero-order valence-electron chi connectivity index (χ0n) is 10.6. The molecule has 2 nitrogen and oxygen atoms in total. The molecular weight excluding hydrogens is 297 g/mol. The molecule has 0 aliphatic carbocycles. The molecule has 1 saturated heterocycles. The molecule has 1 aromatic rings. The Morgan fingerprint density at radius 1 is 1.56 bits per heavy atom. The molecule has 1 heterocycles. The highest BCUT2D eigenvalue weighted by Gasteiger charge is 2.28. The highest BCUT2D eigenvalue weighted by Crippen LogP contribution is 2.30. The summed E-state index contributed by atoms with van der Waals surface area (Å²) in [6.45, 7) is 3.76. The topological polar surface area (TPSA) is 21.3 Å². The van der Waals surface area contributed by atoms with Crippen LogP contribution in [0.5, 0.6) is 0 Å². The van der Waals surface area contributed by atoms with Gasteiger partial charge in [-0.05, 0) is 44.0 Å². The summed E-state index contributed by atoms with van der Waals surface area (Å²) >= 11 is 3.41. The van der Waals surface area contributed by atoms with Crippen molar-refractivity contribution in [1.82, 2.24) is 5.32 Å². The van der Waals surface area contributed by atoms with Crippen molar-refractivity contribution in [3.8, 4) is 0 Å². The Bertz CT molecular complexity index is 393. The van der Waals surface area contributed by atoms with Crippen LogP contribution in [0.2, 0.25) is 0 Å². The third-order valence-corrected chi connectivity index (χ3v) is 3.74. The van der Waals surface area contributed by atoms with E-state index in [4.69, 9.17) is 4.74 Å². The monoisotopic (exact) mass is 315 g/mol. The molecule has 4 heteroatoms. The highest BCUT2D eigenvalue weighted by molar-refractivity contribution is 9.10. The van der Waals surface area contributed by atoms with Crippen molar-refractivity contribution in [2.45, 2.75) is 38.3 Å². The molecule has 1 fully saturated rings. The quantitative estimate of drug-likeness (QED) is 0.892. The molecule has 0 aromatic heterocycles. The van der Waals surface area contributed by atoms with Crippen LogP contribution in [0.4, 0.5) is 4.39 Å². The lowest BCUT2D eigenvalue weighted by Gasteiger charge is -2.25. The highest BCUT2D eigenvalue weighted by atomic mass is 79.9. The lowest BCUT2D eigenvalue weighted by molar-refractivity contribution is 0.0771. The zero-order valence-corrected chi connectivity index (χ0v) is 12.2. The van der Waals surface area contributed by atoms with Gasteiger partial charge < -0.3 is 10.1 Å². The summed E-state index contributed by atoms with van der Waals surface area (Å²) in [6.07, 6.45) is 3.16. The van der Waals surface area contributed by atoms with Crippen LogP contribution in [-0.2, 0) is 4.74 Å². The first kappa shape index (κ1) is 14.0. The van der Waals surface area contributed by atoms with Crippen molar-refractivity contribution in [3.63, 3.8) is 0 Å². The average molecular weight is 316 g/mol. The molecule has 1 aliphatic rings. The molecule has 0 spiro atoms. The molecule has 1 N–H and O–H groups in total. The normalized spacial score (nSPS) is 21.2. The predicted molar refractivity (Wildman–Crippen MR) is 74.1 cm³/mol. The Kier molecular flexibility index (Phi) is 5.15. The van der Waals surface area contributed by atoms with Gasteiger partial charge in [-0.15, -0.1) is 0 Å². The van der Waals surface area contributed by atoms with Crippen LogP contribution in [-0.4, -0.2) is 19.3 Å². The minimum absolute atomic E-state index is 0.0510. The van der Waals surface area contributed by atoms with Gasteiger partial charge in [-0.3, -0.25) is 0 Å². The molecule has 0 bridgehead atoms. The van der Waals surface area contributed by atoms with E-state index in [1.54, 1.807) is 6.07 Å². The predicted octanol–water partition coefficient (Wildman–Crippen LogP) is 3.81. The van der Waals surface area contributed by atoms with E-state index in [2.05, 4.69) is 28.2 Å². The second-order valence-corrected chi connectivity index (χ2v) is 5.56. The molecule has 0 radical (unpaired) electrons. The lowest BCUT2D eigenvalue weighted by Crippen LogP contribution is -2.33. The number of nitrogens with one attached hydrogen (secondary N) is 1. The second kappa shape index (κ2) is 6.64. The van der Waals surface area contributed by atoms with Crippen LogP contribution in [0.25, 0.3) is 0 Å². The standard InChI is InChI=1S/C14H19BrFNO/c1-2-7-17-14(13-4-3-8-18-13)11-9-10(15)5-6-12(11)16/h5-6,9,13-14,17H,2-4,7-8H2,1H3. The second-order valence-electron chi connectivity index (χ2n) is 4.65. The van der Waals surface area contributed by atoms with Crippen molar-refractivity contribution in [2.75, 3.05) is 13.2 Å². The Balaban J connectivity index is 2.23. The molecule has 0 saturated carbocycles. The third-order valence-electron chi connectivity index (χ3n) is 3.24.